The van der Waals surface area contributed by atoms with Gasteiger partial charge < -0.3 is 29.7 Å². The highest BCUT2D eigenvalue weighted by Crippen LogP contribution is 2.45. The number of hydrogen-bond donors (Lipinski definition) is 2. The summed E-state index contributed by atoms with van der Waals surface area (Å²) in [5.74, 6) is -2.57. The zero-order valence-electron chi connectivity index (χ0n) is 23.4. The molecule has 1 saturated carbocycles. The van der Waals surface area contributed by atoms with Crippen LogP contribution in [0.15, 0.2) is 40.8 Å². The van der Waals surface area contributed by atoms with Crippen molar-refractivity contribution in [3.05, 3.63) is 65.1 Å². The van der Waals surface area contributed by atoms with E-state index >= 15 is 0 Å². The van der Waals surface area contributed by atoms with Crippen LogP contribution in [-0.2, 0) is 16.9 Å². The number of ether oxygens (including phenoxy) is 3. The maximum absolute atomic E-state index is 14.2. The highest BCUT2D eigenvalue weighted by Gasteiger charge is 2.48. The minimum absolute atomic E-state index is 0.0226. The lowest BCUT2D eigenvalue weighted by Gasteiger charge is -2.39. The van der Waals surface area contributed by atoms with Crippen molar-refractivity contribution < 1.29 is 45.8 Å². The predicted molar refractivity (Wildman–Crippen MR) is 142 cm³/mol. The molecule has 42 heavy (non-hydrogen) atoms. The van der Waals surface area contributed by atoms with Crippen molar-refractivity contribution in [1.29, 1.82) is 0 Å². The summed E-state index contributed by atoms with van der Waals surface area (Å²) in [6.07, 6.45) is 0.837. The van der Waals surface area contributed by atoms with Crippen molar-refractivity contribution in [2.24, 2.45) is 17.1 Å². The van der Waals surface area contributed by atoms with Crippen LogP contribution in [0, 0.1) is 23.0 Å². The number of oxazole rings is 1. The summed E-state index contributed by atoms with van der Waals surface area (Å²) in [6, 6.07) is 6.66. The Kier molecular flexibility index (Phi) is 8.69. The van der Waals surface area contributed by atoms with Gasteiger partial charge in [-0.25, -0.2) is 18.6 Å². The molecule has 0 saturated heterocycles. The lowest BCUT2D eigenvalue weighted by atomic mass is 9.75. The van der Waals surface area contributed by atoms with E-state index in [4.69, 9.17) is 19.6 Å². The molecule has 1 unspecified atom stereocenters. The Hall–Kier alpha value is -4.29. The van der Waals surface area contributed by atoms with E-state index in [0.717, 1.165) is 25.0 Å². The molecular weight excluding hydrogens is 562 g/mol. The minimum Gasteiger partial charge on any atom is -0.489 e. The Morgan fingerprint density at radius 2 is 1.81 bits per heavy atom. The van der Waals surface area contributed by atoms with Gasteiger partial charge in [-0.1, -0.05) is 20.8 Å². The Morgan fingerprint density at radius 3 is 2.40 bits per heavy atom. The number of amides is 2. The summed E-state index contributed by atoms with van der Waals surface area (Å²) in [4.78, 5) is 29.2. The number of hydrogen-bond acceptors (Lipinski definition) is 7. The number of rotatable bonds is 11. The number of carbonyl (C=O) groups excluding carboxylic acids is 2. The number of alkyl halides is 2. The molecule has 1 atom stereocenters. The molecule has 1 aliphatic rings. The van der Waals surface area contributed by atoms with Crippen LogP contribution in [0.2, 0.25) is 0 Å². The van der Waals surface area contributed by atoms with Crippen molar-refractivity contribution in [3.8, 4) is 23.0 Å². The van der Waals surface area contributed by atoms with E-state index in [-0.39, 0.29) is 35.4 Å². The van der Waals surface area contributed by atoms with Gasteiger partial charge in [0.25, 0.3) is 5.91 Å². The second-order valence-corrected chi connectivity index (χ2v) is 11.1. The van der Waals surface area contributed by atoms with Crippen LogP contribution in [0.4, 0.5) is 22.4 Å². The first-order chi connectivity index (χ1) is 19.7. The van der Waals surface area contributed by atoms with E-state index < -0.39 is 46.8 Å². The molecule has 4 rings (SSSR count). The maximum Gasteiger partial charge on any atom is 0.405 e. The van der Waals surface area contributed by atoms with Crippen LogP contribution in [0.5, 0.6) is 11.5 Å². The molecule has 13 heteroatoms. The molecule has 1 fully saturated rings. The van der Waals surface area contributed by atoms with Gasteiger partial charge in [-0.3, -0.25) is 4.79 Å². The number of carbonyl (C=O) groups is 2. The molecule has 226 valence electrons. The first kappa shape index (κ1) is 30.7. The summed E-state index contributed by atoms with van der Waals surface area (Å²) in [5, 5.41) is 2.52. The Bertz CT molecular complexity index is 1470. The van der Waals surface area contributed by atoms with Crippen molar-refractivity contribution in [3.63, 3.8) is 0 Å². The molecule has 2 amide bonds. The second kappa shape index (κ2) is 11.9. The molecule has 3 N–H and O–H groups in total. The van der Waals surface area contributed by atoms with Gasteiger partial charge in [0.15, 0.2) is 22.9 Å². The van der Waals surface area contributed by atoms with Crippen LogP contribution in [-0.4, -0.2) is 30.2 Å². The zero-order chi connectivity index (χ0) is 30.8. The van der Waals surface area contributed by atoms with Crippen molar-refractivity contribution in [2.45, 2.75) is 59.3 Å². The molecule has 0 spiro atoms. The van der Waals surface area contributed by atoms with Gasteiger partial charge in [-0.15, -0.1) is 0 Å². The number of nitrogens with one attached hydrogen (secondary N) is 1. The van der Waals surface area contributed by atoms with Crippen molar-refractivity contribution >= 4 is 12.0 Å². The van der Waals surface area contributed by atoms with Crippen molar-refractivity contribution in [2.75, 3.05) is 6.61 Å². The molecule has 3 aromatic rings. The lowest BCUT2D eigenvalue weighted by molar-refractivity contribution is -0.0710. The van der Waals surface area contributed by atoms with Gasteiger partial charge in [-0.2, -0.15) is 8.78 Å². The SMILES string of the molecule is CC(C)(C)C(C)(OC(N)=O)c1oc(-c2ccc(OC(F)F)c(OCC3CC3)c2)nc1CNC(=O)c1ccc(F)cc1F. The molecule has 0 bridgehead atoms. The molecule has 1 aliphatic carbocycles. The van der Waals surface area contributed by atoms with Crippen LogP contribution < -0.4 is 20.5 Å². The smallest absolute Gasteiger partial charge is 0.405 e. The zero-order valence-corrected chi connectivity index (χ0v) is 23.4. The van der Waals surface area contributed by atoms with Gasteiger partial charge in [0.1, 0.15) is 17.3 Å². The number of halogens is 4. The number of nitrogens with zero attached hydrogens (tertiary/aromatic N) is 1. The fraction of sp³-hybridized carbons (Fsp3) is 0.414. The van der Waals surface area contributed by atoms with Gasteiger partial charge in [0.05, 0.1) is 18.7 Å². The molecule has 2 aromatic carbocycles. The third-order valence-corrected chi connectivity index (χ3v) is 7.04. The highest BCUT2D eigenvalue weighted by molar-refractivity contribution is 5.94. The highest BCUT2D eigenvalue weighted by atomic mass is 19.3. The van der Waals surface area contributed by atoms with Gasteiger partial charge in [-0.05, 0) is 56.0 Å². The summed E-state index contributed by atoms with van der Waals surface area (Å²) < 4.78 is 75.6. The average Bonchev–Trinajstić information content (AvgIpc) is 3.61. The van der Waals surface area contributed by atoms with E-state index in [1.54, 1.807) is 27.7 Å². The summed E-state index contributed by atoms with van der Waals surface area (Å²) in [6.45, 7) is 3.74. The van der Waals surface area contributed by atoms with E-state index in [0.29, 0.717) is 24.2 Å². The van der Waals surface area contributed by atoms with E-state index in [1.165, 1.54) is 18.2 Å². The third kappa shape index (κ3) is 6.94. The van der Waals surface area contributed by atoms with E-state index in [1.807, 2.05) is 0 Å². The van der Waals surface area contributed by atoms with Gasteiger partial charge >= 0.3 is 12.7 Å². The molecule has 0 radical (unpaired) electrons. The predicted octanol–water partition coefficient (Wildman–Crippen LogP) is 6.30. The van der Waals surface area contributed by atoms with Crippen LogP contribution in [0.25, 0.3) is 11.5 Å². The monoisotopic (exact) mass is 593 g/mol. The third-order valence-electron chi connectivity index (χ3n) is 7.04. The van der Waals surface area contributed by atoms with Crippen LogP contribution in [0.3, 0.4) is 0 Å². The van der Waals surface area contributed by atoms with E-state index in [9.17, 15) is 27.2 Å². The number of aromatic nitrogens is 1. The Balaban J connectivity index is 1.75. The molecular formula is C29H31F4N3O6. The molecule has 1 heterocycles. The Morgan fingerprint density at radius 1 is 1.10 bits per heavy atom. The largest absolute Gasteiger partial charge is 0.489 e. The average molecular weight is 594 g/mol. The first-order valence-electron chi connectivity index (χ1n) is 13.1. The van der Waals surface area contributed by atoms with E-state index in [2.05, 4.69) is 15.0 Å². The summed E-state index contributed by atoms with van der Waals surface area (Å²) >= 11 is 0. The first-order valence-corrected chi connectivity index (χ1v) is 13.1. The summed E-state index contributed by atoms with van der Waals surface area (Å²) in [5.41, 5.74) is 3.05. The topological polar surface area (TPSA) is 126 Å². The fourth-order valence-corrected chi connectivity index (χ4v) is 4.08. The second-order valence-electron chi connectivity index (χ2n) is 11.1. The van der Waals surface area contributed by atoms with Crippen molar-refractivity contribution in [1.82, 2.24) is 10.3 Å². The standard InChI is InChI=1S/C29H31F4N3O6/c1-28(2,3)29(4,42-27(34)38)23-20(13-35-24(37)18-9-8-17(30)12-19(18)31)36-25(41-23)16-7-10-21(40-26(32)33)22(11-16)39-14-15-5-6-15/h7-12,15,26H,5-6,13-14H2,1-4H3,(H2,34,38)(H,35,37). The minimum atomic E-state index is -3.08. The number of nitrogens with two attached hydrogens (primary N) is 1. The fourth-order valence-electron chi connectivity index (χ4n) is 4.08. The normalized spacial score (nSPS) is 14.8. The maximum atomic E-state index is 14.2. The Labute approximate surface area is 239 Å². The number of primary amides is 1. The van der Waals surface area contributed by atoms with Crippen LogP contribution >= 0.6 is 0 Å². The van der Waals surface area contributed by atoms with Gasteiger partial charge in [0.2, 0.25) is 5.89 Å². The number of benzene rings is 2. The molecule has 0 aliphatic heterocycles. The molecule has 9 nitrogen and oxygen atoms in total. The molecule has 1 aromatic heterocycles. The van der Waals surface area contributed by atoms with Crippen LogP contribution in [0.1, 0.15) is 62.3 Å². The quantitative estimate of drug-likeness (QED) is 0.250. The summed E-state index contributed by atoms with van der Waals surface area (Å²) in [7, 11) is 0. The van der Waals surface area contributed by atoms with Gasteiger partial charge in [0, 0.05) is 17.0 Å². The lowest BCUT2D eigenvalue weighted by Crippen LogP contribution is -2.43.